The van der Waals surface area contributed by atoms with Crippen molar-refractivity contribution in [1.29, 1.82) is 0 Å². The maximum Gasteiger partial charge on any atom is 0.317 e. The summed E-state index contributed by atoms with van der Waals surface area (Å²) in [6.07, 6.45) is 0. The van der Waals surface area contributed by atoms with Gasteiger partial charge in [0.1, 0.15) is 0 Å². The van der Waals surface area contributed by atoms with Gasteiger partial charge in [-0.2, -0.15) is 4.98 Å². The van der Waals surface area contributed by atoms with Crippen LogP contribution >= 0.6 is 0 Å². The number of likely N-dealkylation sites (N-methyl/N-ethyl adjacent to an activating group) is 1. The first-order valence-electron chi connectivity index (χ1n) is 5.84. The third-order valence-electron chi connectivity index (χ3n) is 2.59. The molecule has 1 aromatic heterocycles. The molecule has 2 aromatic rings. The van der Waals surface area contributed by atoms with E-state index in [1.807, 2.05) is 31.2 Å². The minimum absolute atomic E-state index is 0.0672. The van der Waals surface area contributed by atoms with Crippen molar-refractivity contribution >= 4 is 5.97 Å². The van der Waals surface area contributed by atoms with E-state index in [2.05, 4.69) is 10.1 Å². The smallest absolute Gasteiger partial charge is 0.317 e. The Hall–Kier alpha value is -2.21. The first-order chi connectivity index (χ1) is 9.04. The summed E-state index contributed by atoms with van der Waals surface area (Å²) < 4.78 is 5.11. The molecule has 0 radical (unpaired) electrons. The Balaban J connectivity index is 2.06. The topological polar surface area (TPSA) is 79.5 Å². The van der Waals surface area contributed by atoms with E-state index < -0.39 is 5.97 Å². The van der Waals surface area contributed by atoms with Gasteiger partial charge in [-0.3, -0.25) is 9.69 Å². The van der Waals surface area contributed by atoms with Gasteiger partial charge in [0.15, 0.2) is 0 Å². The number of nitrogens with zero attached hydrogens (tertiary/aromatic N) is 3. The molecular formula is C13H15N3O3. The number of aromatic nitrogens is 2. The molecule has 2 rings (SSSR count). The lowest BCUT2D eigenvalue weighted by atomic mass is 10.1. The second-order valence-electron chi connectivity index (χ2n) is 4.44. The molecule has 0 aliphatic heterocycles. The molecule has 0 aliphatic rings. The molecule has 19 heavy (non-hydrogen) atoms. The Morgan fingerprint density at radius 2 is 2.05 bits per heavy atom. The van der Waals surface area contributed by atoms with Crippen LogP contribution in [0, 0.1) is 6.92 Å². The van der Waals surface area contributed by atoms with E-state index >= 15 is 0 Å². The molecule has 1 N–H and O–H groups in total. The van der Waals surface area contributed by atoms with Gasteiger partial charge < -0.3 is 9.63 Å². The summed E-state index contributed by atoms with van der Waals surface area (Å²) in [5, 5.41) is 12.6. The summed E-state index contributed by atoms with van der Waals surface area (Å²) in [4.78, 5) is 16.4. The Morgan fingerprint density at radius 3 is 2.68 bits per heavy atom. The molecule has 6 heteroatoms. The summed E-state index contributed by atoms with van der Waals surface area (Å²) in [5.74, 6) is 0.0267. The second kappa shape index (κ2) is 5.62. The molecule has 1 aromatic carbocycles. The standard InChI is InChI=1S/C13H15N3O3/c1-9-3-5-10(6-4-9)13-14-11(19-15-13)7-16(2)8-12(17)18/h3-6H,7-8H2,1-2H3,(H,17,18). The number of benzene rings is 1. The van der Waals surface area contributed by atoms with Crippen LogP contribution < -0.4 is 0 Å². The van der Waals surface area contributed by atoms with Crippen molar-refractivity contribution in [2.45, 2.75) is 13.5 Å². The molecule has 0 fully saturated rings. The van der Waals surface area contributed by atoms with E-state index in [1.165, 1.54) is 0 Å². The van der Waals surface area contributed by atoms with Gasteiger partial charge in [-0.15, -0.1) is 0 Å². The summed E-state index contributed by atoms with van der Waals surface area (Å²) in [5.41, 5.74) is 2.04. The van der Waals surface area contributed by atoms with E-state index in [0.717, 1.165) is 11.1 Å². The van der Waals surface area contributed by atoms with Crippen molar-refractivity contribution in [2.24, 2.45) is 0 Å². The SMILES string of the molecule is Cc1ccc(-c2noc(CN(C)CC(=O)O)n2)cc1. The maximum atomic E-state index is 10.6. The summed E-state index contributed by atoms with van der Waals surface area (Å²) in [7, 11) is 1.68. The van der Waals surface area contributed by atoms with Gasteiger partial charge in [0.2, 0.25) is 11.7 Å². The fourth-order valence-electron chi connectivity index (χ4n) is 1.66. The number of hydrogen-bond acceptors (Lipinski definition) is 5. The zero-order chi connectivity index (χ0) is 13.8. The molecule has 0 amide bonds. The summed E-state index contributed by atoms with van der Waals surface area (Å²) >= 11 is 0. The summed E-state index contributed by atoms with van der Waals surface area (Å²) in [6, 6.07) is 7.79. The lowest BCUT2D eigenvalue weighted by molar-refractivity contribution is -0.138. The van der Waals surface area contributed by atoms with Crippen molar-refractivity contribution in [3.63, 3.8) is 0 Å². The molecule has 0 bridgehead atoms. The Bertz CT molecular complexity index is 563. The first-order valence-corrected chi connectivity index (χ1v) is 5.84. The van der Waals surface area contributed by atoms with Crippen LogP contribution in [0.25, 0.3) is 11.4 Å². The number of rotatable bonds is 5. The van der Waals surface area contributed by atoms with Crippen molar-refractivity contribution in [2.75, 3.05) is 13.6 Å². The van der Waals surface area contributed by atoms with E-state index in [4.69, 9.17) is 9.63 Å². The zero-order valence-electron chi connectivity index (χ0n) is 10.8. The highest BCUT2D eigenvalue weighted by atomic mass is 16.5. The fourth-order valence-corrected chi connectivity index (χ4v) is 1.66. The molecule has 100 valence electrons. The van der Waals surface area contributed by atoms with Gasteiger partial charge in [-0.25, -0.2) is 0 Å². The number of carboxylic acid groups (broad SMARTS) is 1. The van der Waals surface area contributed by atoms with E-state index in [1.54, 1.807) is 11.9 Å². The highest BCUT2D eigenvalue weighted by Gasteiger charge is 2.12. The number of carbonyl (C=O) groups is 1. The van der Waals surface area contributed by atoms with E-state index in [0.29, 0.717) is 18.3 Å². The van der Waals surface area contributed by atoms with Crippen molar-refractivity contribution in [1.82, 2.24) is 15.0 Å². The van der Waals surface area contributed by atoms with Crippen LogP contribution in [0.15, 0.2) is 28.8 Å². The molecule has 0 atom stereocenters. The Morgan fingerprint density at radius 1 is 1.37 bits per heavy atom. The first kappa shape index (κ1) is 13.2. The predicted octanol–water partition coefficient (Wildman–Crippen LogP) is 1.56. The molecule has 0 spiro atoms. The van der Waals surface area contributed by atoms with Crippen molar-refractivity contribution < 1.29 is 14.4 Å². The van der Waals surface area contributed by atoms with Gasteiger partial charge in [0, 0.05) is 5.56 Å². The molecule has 0 saturated carbocycles. The highest BCUT2D eigenvalue weighted by Crippen LogP contribution is 2.16. The minimum Gasteiger partial charge on any atom is -0.480 e. The van der Waals surface area contributed by atoms with Gasteiger partial charge in [0.05, 0.1) is 13.1 Å². The number of aliphatic carboxylic acids is 1. The van der Waals surface area contributed by atoms with Crippen LogP contribution in [-0.2, 0) is 11.3 Å². The van der Waals surface area contributed by atoms with Gasteiger partial charge in [0.25, 0.3) is 0 Å². The lowest BCUT2D eigenvalue weighted by Gasteiger charge is -2.09. The van der Waals surface area contributed by atoms with Crippen LogP contribution in [0.1, 0.15) is 11.5 Å². The molecule has 6 nitrogen and oxygen atoms in total. The van der Waals surface area contributed by atoms with Crippen LogP contribution in [0.3, 0.4) is 0 Å². The predicted molar refractivity (Wildman–Crippen MR) is 68.4 cm³/mol. The van der Waals surface area contributed by atoms with Crippen molar-refractivity contribution in [3.8, 4) is 11.4 Å². The summed E-state index contributed by atoms with van der Waals surface area (Å²) in [6.45, 7) is 2.25. The highest BCUT2D eigenvalue weighted by molar-refractivity contribution is 5.69. The normalized spacial score (nSPS) is 10.9. The largest absolute Gasteiger partial charge is 0.480 e. The molecule has 1 heterocycles. The number of carboxylic acids is 1. The Kier molecular flexibility index (Phi) is 3.91. The van der Waals surface area contributed by atoms with Crippen molar-refractivity contribution in [3.05, 3.63) is 35.7 Å². The fraction of sp³-hybridized carbons (Fsp3) is 0.308. The third-order valence-corrected chi connectivity index (χ3v) is 2.59. The molecule has 0 aliphatic carbocycles. The third kappa shape index (κ3) is 3.62. The average Bonchev–Trinajstić information content (AvgIpc) is 2.77. The van der Waals surface area contributed by atoms with Crippen LogP contribution in [-0.4, -0.2) is 39.7 Å². The molecule has 0 unspecified atom stereocenters. The zero-order valence-corrected chi connectivity index (χ0v) is 10.8. The monoisotopic (exact) mass is 261 g/mol. The van der Waals surface area contributed by atoms with Crippen LogP contribution in [0.5, 0.6) is 0 Å². The average molecular weight is 261 g/mol. The maximum absolute atomic E-state index is 10.6. The van der Waals surface area contributed by atoms with Gasteiger partial charge in [-0.05, 0) is 14.0 Å². The molecule has 0 saturated heterocycles. The van der Waals surface area contributed by atoms with Gasteiger partial charge in [-0.1, -0.05) is 35.0 Å². The van der Waals surface area contributed by atoms with Crippen LogP contribution in [0.2, 0.25) is 0 Å². The second-order valence-corrected chi connectivity index (χ2v) is 4.44. The Labute approximate surface area is 110 Å². The number of aryl methyl sites for hydroxylation is 1. The molecular weight excluding hydrogens is 246 g/mol. The van der Waals surface area contributed by atoms with Gasteiger partial charge >= 0.3 is 5.97 Å². The van der Waals surface area contributed by atoms with Crippen LogP contribution in [0.4, 0.5) is 0 Å². The lowest BCUT2D eigenvalue weighted by Crippen LogP contribution is -2.25. The minimum atomic E-state index is -0.888. The van der Waals surface area contributed by atoms with E-state index in [9.17, 15) is 4.79 Å². The quantitative estimate of drug-likeness (QED) is 0.879. The number of hydrogen-bond donors (Lipinski definition) is 1. The van der Waals surface area contributed by atoms with E-state index in [-0.39, 0.29) is 6.54 Å².